The van der Waals surface area contributed by atoms with E-state index in [0.29, 0.717) is 36.8 Å². The summed E-state index contributed by atoms with van der Waals surface area (Å²) in [6.07, 6.45) is 7.22. The molecule has 9 heteroatoms. The lowest BCUT2D eigenvalue weighted by molar-refractivity contribution is -0.757. The van der Waals surface area contributed by atoms with Crippen molar-refractivity contribution in [3.63, 3.8) is 0 Å². The molecule has 200 valence electrons. The molecule has 5 fully saturated rings. The number of hydrogen-bond acceptors (Lipinski definition) is 7. The Morgan fingerprint density at radius 3 is 2.68 bits per heavy atom. The number of carbonyl (C=O) groups excluding carboxylic acids is 2. The second kappa shape index (κ2) is 8.33. The molecule has 5 aliphatic carbocycles. The summed E-state index contributed by atoms with van der Waals surface area (Å²) in [7, 11) is 0. The summed E-state index contributed by atoms with van der Waals surface area (Å²) < 4.78 is 6.55. The van der Waals surface area contributed by atoms with Crippen LogP contribution < -0.4 is 10.1 Å². The van der Waals surface area contributed by atoms with Gasteiger partial charge in [0.25, 0.3) is 5.09 Å². The Hall–Kier alpha value is -2.84. The average Bonchev–Trinajstić information content (AvgIpc) is 2.79. The minimum absolute atomic E-state index is 0.0380. The number of carbonyl (C=O) groups is 2. The van der Waals surface area contributed by atoms with E-state index in [4.69, 9.17) is 4.74 Å². The van der Waals surface area contributed by atoms with Gasteiger partial charge in [0.05, 0.1) is 5.41 Å². The number of hydrogen-bond donors (Lipinski definition) is 2. The first-order chi connectivity index (χ1) is 17.5. The fraction of sp³-hybridized carbons (Fsp3) is 0.714. The second-order valence-electron chi connectivity index (χ2n) is 12.9. The lowest BCUT2D eigenvalue weighted by Gasteiger charge is -2.61. The monoisotopic (exact) mass is 512 g/mol. The highest BCUT2D eigenvalue weighted by atomic mass is 16.9. The highest BCUT2D eigenvalue weighted by Crippen LogP contribution is 2.67. The smallest absolute Gasteiger partial charge is 0.294 e. The zero-order chi connectivity index (χ0) is 26.2. The third-order valence-electron chi connectivity index (χ3n) is 10.2. The summed E-state index contributed by atoms with van der Waals surface area (Å²) in [5.41, 5.74) is 0.633. The van der Waals surface area contributed by atoms with Crippen molar-refractivity contribution in [1.29, 1.82) is 0 Å². The van der Waals surface area contributed by atoms with E-state index in [0.717, 1.165) is 49.7 Å². The Morgan fingerprint density at radius 2 is 1.97 bits per heavy atom. The summed E-state index contributed by atoms with van der Waals surface area (Å²) in [5.74, 6) is 2.09. The first-order valence-corrected chi connectivity index (χ1v) is 13.6. The summed E-state index contributed by atoms with van der Waals surface area (Å²) >= 11 is 0. The van der Waals surface area contributed by atoms with Crippen LogP contribution in [0.1, 0.15) is 88.7 Å². The normalized spacial score (nSPS) is 36.8. The fourth-order valence-corrected chi connectivity index (χ4v) is 9.22. The number of amides is 1. The van der Waals surface area contributed by atoms with E-state index < -0.39 is 16.1 Å². The molecule has 5 saturated carbocycles. The van der Waals surface area contributed by atoms with Gasteiger partial charge in [-0.2, -0.15) is 0 Å². The predicted octanol–water partition coefficient (Wildman–Crippen LogP) is 4.18. The van der Waals surface area contributed by atoms with E-state index in [9.17, 15) is 24.8 Å². The van der Waals surface area contributed by atoms with E-state index in [-0.39, 0.29) is 47.8 Å². The van der Waals surface area contributed by atoms with Gasteiger partial charge >= 0.3 is 0 Å². The van der Waals surface area contributed by atoms with Crippen molar-refractivity contribution in [3.8, 4) is 11.5 Å². The Balaban J connectivity index is 1.32. The maximum atomic E-state index is 13.4. The van der Waals surface area contributed by atoms with Crippen LogP contribution >= 0.6 is 0 Å². The predicted molar refractivity (Wildman–Crippen MR) is 133 cm³/mol. The molecule has 1 amide bonds. The summed E-state index contributed by atoms with van der Waals surface area (Å²) in [5, 5.41) is 23.9. The first kappa shape index (κ1) is 24.5. The number of Topliss-reactive ketones (excluding diaryl/α,β-unsaturated/α-hetero) is 1. The van der Waals surface area contributed by atoms with Crippen LogP contribution in [0.2, 0.25) is 0 Å². The Kier molecular flexibility index (Phi) is 5.52. The number of nitrogens with zero attached hydrogens (tertiary/aromatic N) is 1. The molecule has 2 unspecified atom stereocenters. The third kappa shape index (κ3) is 3.96. The molecule has 0 radical (unpaired) electrons. The van der Waals surface area contributed by atoms with Crippen LogP contribution in [-0.2, 0) is 19.8 Å². The van der Waals surface area contributed by atoms with Gasteiger partial charge in [0.1, 0.15) is 29.5 Å². The van der Waals surface area contributed by atoms with Crippen molar-refractivity contribution < 1.29 is 29.4 Å². The lowest BCUT2D eigenvalue weighted by atomic mass is 9.42. The van der Waals surface area contributed by atoms with Gasteiger partial charge in [-0.05, 0) is 93.7 Å². The van der Waals surface area contributed by atoms with E-state index in [1.807, 2.05) is 6.07 Å². The van der Waals surface area contributed by atoms with Crippen LogP contribution in [0.4, 0.5) is 0 Å². The van der Waals surface area contributed by atoms with Crippen molar-refractivity contribution in [2.45, 2.75) is 88.6 Å². The highest BCUT2D eigenvalue weighted by Gasteiger charge is 2.61. The summed E-state index contributed by atoms with van der Waals surface area (Å²) in [6, 6.07) is 3.98. The molecule has 4 atom stereocenters. The molecule has 7 rings (SSSR count). The van der Waals surface area contributed by atoms with Gasteiger partial charge in [0.15, 0.2) is 0 Å². The van der Waals surface area contributed by atoms with E-state index in [2.05, 4.69) is 30.1 Å². The van der Waals surface area contributed by atoms with Gasteiger partial charge in [-0.15, -0.1) is 10.1 Å². The topological polar surface area (TPSA) is 128 Å². The summed E-state index contributed by atoms with van der Waals surface area (Å²) in [6.45, 7) is 4.11. The molecule has 9 nitrogen and oxygen atoms in total. The van der Waals surface area contributed by atoms with Crippen LogP contribution in [0, 0.1) is 33.3 Å². The number of ether oxygens (including phenoxy) is 1. The number of aromatic hydroxyl groups is 1. The molecular formula is C28H36N2O7. The third-order valence-corrected chi connectivity index (χ3v) is 10.2. The maximum Gasteiger partial charge on any atom is 0.294 e. The molecule has 1 heterocycles. The van der Waals surface area contributed by atoms with Crippen molar-refractivity contribution in [2.75, 3.05) is 13.2 Å². The van der Waals surface area contributed by atoms with Crippen LogP contribution in [0.5, 0.6) is 11.5 Å². The van der Waals surface area contributed by atoms with Gasteiger partial charge in [0.2, 0.25) is 5.91 Å². The summed E-state index contributed by atoms with van der Waals surface area (Å²) in [4.78, 5) is 40.6. The van der Waals surface area contributed by atoms with Crippen molar-refractivity contribution >= 4 is 11.7 Å². The van der Waals surface area contributed by atoms with Gasteiger partial charge < -0.3 is 20.0 Å². The number of nitrogens with one attached hydrogen (secondary N) is 1. The SMILES string of the molecule is CC1(C)Oc2cc(C34CC5CC(CC(C(=O)NCCO[N+](=O)[O-])(C5)C3)C4)cc(O)c2[C@@H]2CC(=O)CC[C@H]21. The fourth-order valence-electron chi connectivity index (χ4n) is 9.22. The molecule has 0 spiro atoms. The molecule has 1 aliphatic heterocycles. The van der Waals surface area contributed by atoms with Crippen LogP contribution in [0.3, 0.4) is 0 Å². The van der Waals surface area contributed by atoms with Gasteiger partial charge in [-0.1, -0.05) is 0 Å². The minimum atomic E-state index is -0.844. The number of rotatable bonds is 6. The number of phenols is 1. The van der Waals surface area contributed by atoms with Crippen molar-refractivity contribution in [1.82, 2.24) is 5.32 Å². The van der Waals surface area contributed by atoms with Gasteiger partial charge in [-0.3, -0.25) is 9.59 Å². The van der Waals surface area contributed by atoms with Crippen LogP contribution in [0.15, 0.2) is 12.1 Å². The largest absolute Gasteiger partial charge is 0.508 e. The molecule has 6 aliphatic rings. The zero-order valence-corrected chi connectivity index (χ0v) is 21.6. The van der Waals surface area contributed by atoms with Gasteiger partial charge in [0, 0.05) is 36.8 Å². The molecule has 1 aromatic carbocycles. The minimum Gasteiger partial charge on any atom is -0.508 e. The maximum absolute atomic E-state index is 13.4. The molecular weight excluding hydrogens is 476 g/mol. The highest BCUT2D eigenvalue weighted by molar-refractivity contribution is 5.83. The molecule has 2 N–H and O–H groups in total. The van der Waals surface area contributed by atoms with Gasteiger partial charge in [-0.25, -0.2) is 0 Å². The van der Waals surface area contributed by atoms with Crippen molar-refractivity contribution in [2.24, 2.45) is 23.2 Å². The Labute approximate surface area is 216 Å². The van der Waals surface area contributed by atoms with E-state index in [1.54, 1.807) is 0 Å². The van der Waals surface area contributed by atoms with E-state index >= 15 is 0 Å². The molecule has 0 saturated heterocycles. The number of benzene rings is 1. The van der Waals surface area contributed by atoms with Crippen molar-refractivity contribution in [3.05, 3.63) is 33.4 Å². The molecule has 4 bridgehead atoms. The second-order valence-corrected chi connectivity index (χ2v) is 12.9. The number of ketones is 1. The molecule has 0 aromatic heterocycles. The quantitative estimate of drug-likeness (QED) is 0.332. The zero-order valence-electron chi connectivity index (χ0n) is 21.6. The molecule has 37 heavy (non-hydrogen) atoms. The van der Waals surface area contributed by atoms with E-state index in [1.165, 1.54) is 0 Å². The molecule has 1 aromatic rings. The average molecular weight is 513 g/mol. The standard InChI is InChI=1S/C28H36N2O7/c1-26(2)21-4-3-19(31)10-20(21)24-22(32)8-18(9-23(24)37-26)27-11-16-7-17(12-27)14-28(13-16,15-27)25(33)29-5-6-36-30(34)35/h8-9,16-17,20-21,32H,3-7,10-15H2,1-2H3,(H,29,33)/t16?,17?,20-,21-,27?,28?/m1/s1. The van der Waals surface area contributed by atoms with Crippen LogP contribution in [-0.4, -0.2) is 40.6 Å². The Morgan fingerprint density at radius 1 is 1.24 bits per heavy atom. The number of fused-ring (bicyclic) bond motifs is 3. The Bertz CT molecular complexity index is 1150. The van der Waals surface area contributed by atoms with Crippen LogP contribution in [0.25, 0.3) is 0 Å². The number of phenolic OH excluding ortho intramolecular Hbond substituents is 1. The lowest BCUT2D eigenvalue weighted by Crippen LogP contribution is -2.59. The first-order valence-electron chi connectivity index (χ1n) is 13.6.